The monoisotopic (exact) mass is 397 g/mol. The van der Waals surface area contributed by atoms with Crippen LogP contribution in [0.4, 0.5) is 0 Å². The molecule has 0 saturated heterocycles. The van der Waals surface area contributed by atoms with Gasteiger partial charge in [0.15, 0.2) is 0 Å². The minimum absolute atomic E-state index is 0.210. The van der Waals surface area contributed by atoms with E-state index in [1.807, 2.05) is 32.1 Å². The summed E-state index contributed by atoms with van der Waals surface area (Å²) >= 11 is 0. The van der Waals surface area contributed by atoms with Crippen molar-refractivity contribution in [2.75, 3.05) is 0 Å². The van der Waals surface area contributed by atoms with Crippen LogP contribution in [-0.4, -0.2) is 22.6 Å². The first-order valence-corrected chi connectivity index (χ1v) is 11.0. The standard InChI is InChI=1S/C20H21N3O2S.C2H6/c1-2-3-4-6-10-18-16-23(22-20(18)17-11-9-14-21-15-17)26(24,25)19-12-7-5-8-13-19;1-2/h5-16H,2-4H2,1H3;1-2H3/b10-6+;. The third-order valence-corrected chi connectivity index (χ3v) is 5.51. The van der Waals surface area contributed by atoms with Crippen molar-refractivity contribution in [3.8, 4) is 11.3 Å². The quantitative estimate of drug-likeness (QED) is 0.500. The van der Waals surface area contributed by atoms with E-state index in [0.717, 1.165) is 34.5 Å². The normalized spacial score (nSPS) is 11.2. The first-order valence-electron chi connectivity index (χ1n) is 9.60. The number of rotatable bonds is 7. The molecule has 28 heavy (non-hydrogen) atoms. The van der Waals surface area contributed by atoms with Gasteiger partial charge in [-0.1, -0.05) is 64.0 Å². The predicted octanol–water partition coefficient (Wildman–Crippen LogP) is 5.41. The number of hydrogen-bond donors (Lipinski definition) is 0. The Hall–Kier alpha value is -2.73. The second kappa shape index (κ2) is 10.6. The zero-order valence-corrected chi connectivity index (χ0v) is 17.4. The highest BCUT2D eigenvalue weighted by atomic mass is 32.2. The smallest absolute Gasteiger partial charge is 0.264 e. The predicted molar refractivity (Wildman–Crippen MR) is 114 cm³/mol. The number of benzene rings is 1. The van der Waals surface area contributed by atoms with Crippen LogP contribution in [-0.2, 0) is 10.0 Å². The molecule has 2 heterocycles. The van der Waals surface area contributed by atoms with E-state index in [4.69, 9.17) is 0 Å². The van der Waals surface area contributed by atoms with Crippen LogP contribution < -0.4 is 0 Å². The fraction of sp³-hybridized carbons (Fsp3) is 0.273. The topological polar surface area (TPSA) is 64.8 Å². The van der Waals surface area contributed by atoms with Crippen molar-refractivity contribution in [3.63, 3.8) is 0 Å². The van der Waals surface area contributed by atoms with E-state index in [1.54, 1.807) is 48.9 Å². The summed E-state index contributed by atoms with van der Waals surface area (Å²) in [7, 11) is -3.73. The van der Waals surface area contributed by atoms with Crippen molar-refractivity contribution in [1.29, 1.82) is 0 Å². The molecule has 0 radical (unpaired) electrons. The molecule has 0 spiro atoms. The van der Waals surface area contributed by atoms with Gasteiger partial charge in [-0.3, -0.25) is 4.98 Å². The van der Waals surface area contributed by atoms with Crippen LogP contribution in [0.1, 0.15) is 45.6 Å². The molecule has 3 rings (SSSR count). The molecule has 0 aliphatic carbocycles. The van der Waals surface area contributed by atoms with Gasteiger partial charge in [0.25, 0.3) is 10.0 Å². The summed E-state index contributed by atoms with van der Waals surface area (Å²) in [5.41, 5.74) is 2.14. The van der Waals surface area contributed by atoms with E-state index in [-0.39, 0.29) is 4.90 Å². The van der Waals surface area contributed by atoms with E-state index in [9.17, 15) is 8.42 Å². The number of allylic oxidation sites excluding steroid dienone is 1. The average Bonchev–Trinajstić information content (AvgIpc) is 3.19. The molecule has 3 aromatic rings. The summed E-state index contributed by atoms with van der Waals surface area (Å²) in [5, 5.41) is 4.36. The Labute approximate surface area is 167 Å². The molecule has 0 fully saturated rings. The Morgan fingerprint density at radius 3 is 2.46 bits per heavy atom. The molecule has 2 aromatic heterocycles. The summed E-state index contributed by atoms with van der Waals surface area (Å²) in [5.74, 6) is 0. The Balaban J connectivity index is 0.00000136. The lowest BCUT2D eigenvalue weighted by Gasteiger charge is -2.03. The zero-order valence-electron chi connectivity index (χ0n) is 16.6. The highest BCUT2D eigenvalue weighted by Crippen LogP contribution is 2.25. The molecule has 1 aromatic carbocycles. The van der Waals surface area contributed by atoms with E-state index in [0.29, 0.717) is 5.69 Å². The highest BCUT2D eigenvalue weighted by molar-refractivity contribution is 7.89. The third kappa shape index (κ3) is 5.16. The molecule has 0 saturated carbocycles. The number of unbranched alkanes of at least 4 members (excludes halogenated alkanes) is 2. The number of aromatic nitrogens is 3. The van der Waals surface area contributed by atoms with Crippen molar-refractivity contribution in [1.82, 2.24) is 14.2 Å². The summed E-state index contributed by atoms with van der Waals surface area (Å²) in [6.45, 7) is 6.14. The van der Waals surface area contributed by atoms with Crippen LogP contribution >= 0.6 is 0 Å². The Kier molecular flexibility index (Phi) is 8.14. The second-order valence-electron chi connectivity index (χ2n) is 5.91. The van der Waals surface area contributed by atoms with Crippen molar-refractivity contribution in [2.45, 2.75) is 44.9 Å². The SMILES string of the molecule is CC.CCCC/C=C/c1cn(S(=O)(=O)c2ccccc2)nc1-c1cccnc1. The van der Waals surface area contributed by atoms with Crippen LogP contribution in [0.2, 0.25) is 0 Å². The van der Waals surface area contributed by atoms with Crippen LogP contribution in [0.3, 0.4) is 0 Å². The van der Waals surface area contributed by atoms with Gasteiger partial charge >= 0.3 is 0 Å². The van der Waals surface area contributed by atoms with Gasteiger partial charge < -0.3 is 0 Å². The number of nitrogens with zero attached hydrogens (tertiary/aromatic N) is 3. The lowest BCUT2D eigenvalue weighted by Crippen LogP contribution is -2.13. The fourth-order valence-electron chi connectivity index (χ4n) is 2.57. The summed E-state index contributed by atoms with van der Waals surface area (Å²) < 4.78 is 26.8. The van der Waals surface area contributed by atoms with Crippen molar-refractivity contribution >= 4 is 16.1 Å². The molecule has 148 valence electrons. The molecule has 0 amide bonds. The van der Waals surface area contributed by atoms with Gasteiger partial charge in [-0.25, -0.2) is 0 Å². The number of hydrogen-bond acceptors (Lipinski definition) is 4. The van der Waals surface area contributed by atoms with Crippen LogP contribution in [0, 0.1) is 0 Å². The van der Waals surface area contributed by atoms with E-state index < -0.39 is 10.0 Å². The lowest BCUT2D eigenvalue weighted by atomic mass is 10.1. The zero-order chi connectivity index (χ0) is 20.4. The molecule has 6 heteroatoms. The van der Waals surface area contributed by atoms with Gasteiger partial charge in [-0.05, 0) is 30.7 Å². The summed E-state index contributed by atoms with van der Waals surface area (Å²) in [6, 6.07) is 12.0. The fourth-order valence-corrected chi connectivity index (χ4v) is 3.73. The molecule has 0 atom stereocenters. The van der Waals surface area contributed by atoms with Crippen LogP contribution in [0.5, 0.6) is 0 Å². The largest absolute Gasteiger partial charge is 0.282 e. The van der Waals surface area contributed by atoms with Crippen molar-refractivity contribution < 1.29 is 8.42 Å². The van der Waals surface area contributed by atoms with E-state index in [2.05, 4.69) is 23.1 Å². The average molecular weight is 398 g/mol. The van der Waals surface area contributed by atoms with Gasteiger partial charge in [0.1, 0.15) is 5.69 Å². The number of pyridine rings is 1. The van der Waals surface area contributed by atoms with Crippen LogP contribution in [0.25, 0.3) is 17.3 Å². The third-order valence-electron chi connectivity index (χ3n) is 3.97. The summed E-state index contributed by atoms with van der Waals surface area (Å²) in [4.78, 5) is 4.33. The molecular formula is C22H27N3O2S. The van der Waals surface area contributed by atoms with Gasteiger partial charge in [0, 0.05) is 23.5 Å². The minimum Gasteiger partial charge on any atom is -0.264 e. The first-order chi connectivity index (χ1) is 13.6. The lowest BCUT2D eigenvalue weighted by molar-refractivity contribution is 0.580. The Morgan fingerprint density at radius 1 is 1.07 bits per heavy atom. The first kappa shape index (κ1) is 21.6. The minimum atomic E-state index is -3.73. The maximum Gasteiger partial charge on any atom is 0.282 e. The summed E-state index contributed by atoms with van der Waals surface area (Å²) in [6.07, 6.45) is 12.1. The van der Waals surface area contributed by atoms with Crippen LogP contribution in [0.15, 0.2) is 72.0 Å². The van der Waals surface area contributed by atoms with Gasteiger partial charge in [0.2, 0.25) is 0 Å². The van der Waals surface area contributed by atoms with Gasteiger partial charge in [-0.15, -0.1) is 0 Å². The maximum atomic E-state index is 12.9. The van der Waals surface area contributed by atoms with Gasteiger partial charge in [-0.2, -0.15) is 17.6 Å². The molecule has 0 aliphatic rings. The molecule has 0 bridgehead atoms. The second-order valence-corrected chi connectivity index (χ2v) is 7.71. The molecular weight excluding hydrogens is 370 g/mol. The molecule has 0 aliphatic heterocycles. The molecule has 0 unspecified atom stereocenters. The van der Waals surface area contributed by atoms with E-state index >= 15 is 0 Å². The van der Waals surface area contributed by atoms with E-state index in [1.165, 1.54) is 0 Å². The van der Waals surface area contributed by atoms with Crippen molar-refractivity contribution in [3.05, 3.63) is 72.7 Å². The Morgan fingerprint density at radius 2 is 1.82 bits per heavy atom. The molecule has 5 nitrogen and oxygen atoms in total. The van der Waals surface area contributed by atoms with Crippen molar-refractivity contribution in [2.24, 2.45) is 0 Å². The molecule has 0 N–H and O–H groups in total. The Bertz CT molecular complexity index is 979. The van der Waals surface area contributed by atoms with Gasteiger partial charge in [0.05, 0.1) is 11.1 Å². The highest BCUT2D eigenvalue weighted by Gasteiger charge is 2.20. The maximum absolute atomic E-state index is 12.9.